The smallest absolute Gasteiger partial charge is 0.155 e. The highest BCUT2D eigenvalue weighted by molar-refractivity contribution is 7.97. The first kappa shape index (κ1) is 13.0. The molecule has 1 saturated heterocycles. The summed E-state index contributed by atoms with van der Waals surface area (Å²) < 4.78 is 2.37. The summed E-state index contributed by atoms with van der Waals surface area (Å²) in [7, 11) is 0.486. The highest BCUT2D eigenvalue weighted by Gasteiger charge is 2.27. The van der Waals surface area contributed by atoms with Crippen molar-refractivity contribution in [2.75, 3.05) is 11.5 Å². The van der Waals surface area contributed by atoms with Gasteiger partial charge in [-0.25, -0.2) is 0 Å². The minimum absolute atomic E-state index is 0.486. The Balaban J connectivity index is 1.97. The fraction of sp³-hybridized carbons (Fsp3) is 0.263. The fourth-order valence-electron chi connectivity index (χ4n) is 3.43. The van der Waals surface area contributed by atoms with Crippen LogP contribution in [-0.4, -0.2) is 16.1 Å². The standard InChI is InChI=1S/C19H20NS/c1-2-11-20-18-8-4-3-7-16(18)17-14-15(9-10-19(17)20)21-12-5-6-13-21/h2-4,7-10,14H,1,5-6,11-13H2/q+1. The molecule has 0 saturated carbocycles. The quantitative estimate of drug-likeness (QED) is 0.485. The number of para-hydroxylation sites is 1. The molecule has 0 atom stereocenters. The molecule has 21 heavy (non-hydrogen) atoms. The number of benzene rings is 2. The lowest BCUT2D eigenvalue weighted by molar-refractivity contribution is 0.901. The Morgan fingerprint density at radius 2 is 1.76 bits per heavy atom. The third-order valence-electron chi connectivity index (χ3n) is 4.42. The Kier molecular flexibility index (Phi) is 3.27. The minimum atomic E-state index is 0.486. The molecule has 1 aromatic heterocycles. The van der Waals surface area contributed by atoms with Gasteiger partial charge in [-0.05, 0) is 31.0 Å². The van der Waals surface area contributed by atoms with Gasteiger partial charge in [-0.1, -0.05) is 24.3 Å². The molecule has 0 spiro atoms. The van der Waals surface area contributed by atoms with Crippen LogP contribution in [0.1, 0.15) is 12.8 Å². The molecule has 2 heteroatoms. The van der Waals surface area contributed by atoms with Crippen LogP contribution in [0, 0.1) is 0 Å². The molecule has 2 aromatic carbocycles. The Morgan fingerprint density at radius 3 is 2.57 bits per heavy atom. The number of aromatic nitrogens is 1. The SMILES string of the molecule is C=CCn1c2ccccc2c2cc([S+]3CCCC3)ccc21. The summed E-state index contributed by atoms with van der Waals surface area (Å²) >= 11 is 0. The van der Waals surface area contributed by atoms with Crippen LogP contribution < -0.4 is 0 Å². The van der Waals surface area contributed by atoms with Crippen LogP contribution in [-0.2, 0) is 17.4 Å². The monoisotopic (exact) mass is 294 g/mol. The summed E-state index contributed by atoms with van der Waals surface area (Å²) in [5.41, 5.74) is 2.65. The van der Waals surface area contributed by atoms with E-state index in [1.807, 2.05) is 6.08 Å². The molecule has 0 bridgehead atoms. The second kappa shape index (κ2) is 5.27. The summed E-state index contributed by atoms with van der Waals surface area (Å²) in [6.45, 7) is 4.78. The van der Waals surface area contributed by atoms with E-state index in [1.165, 1.54) is 46.2 Å². The van der Waals surface area contributed by atoms with Crippen molar-refractivity contribution in [3.8, 4) is 0 Å². The van der Waals surface area contributed by atoms with E-state index in [4.69, 9.17) is 0 Å². The zero-order valence-corrected chi connectivity index (χ0v) is 13.0. The first-order valence-corrected chi connectivity index (χ1v) is 9.24. The van der Waals surface area contributed by atoms with Crippen molar-refractivity contribution in [2.24, 2.45) is 0 Å². The van der Waals surface area contributed by atoms with Gasteiger partial charge in [0.15, 0.2) is 4.90 Å². The van der Waals surface area contributed by atoms with Gasteiger partial charge in [0.1, 0.15) is 11.5 Å². The molecule has 0 radical (unpaired) electrons. The highest BCUT2D eigenvalue weighted by Crippen LogP contribution is 2.32. The van der Waals surface area contributed by atoms with E-state index in [0.717, 1.165) is 6.54 Å². The lowest BCUT2D eigenvalue weighted by Crippen LogP contribution is -2.03. The molecule has 1 aliphatic heterocycles. The number of allylic oxidation sites excluding steroid dienone is 1. The van der Waals surface area contributed by atoms with Crippen LogP contribution in [0.25, 0.3) is 21.8 Å². The van der Waals surface area contributed by atoms with E-state index < -0.39 is 0 Å². The Hall–Kier alpha value is -1.67. The molecule has 1 nitrogen and oxygen atoms in total. The second-order valence-electron chi connectivity index (χ2n) is 5.70. The van der Waals surface area contributed by atoms with E-state index in [0.29, 0.717) is 10.9 Å². The third kappa shape index (κ3) is 2.09. The molecule has 1 aliphatic rings. The molecular formula is C19H20NS+. The van der Waals surface area contributed by atoms with E-state index in [-0.39, 0.29) is 0 Å². The maximum Gasteiger partial charge on any atom is 0.155 e. The Labute approximate surface area is 128 Å². The largest absolute Gasteiger partial charge is 0.337 e. The van der Waals surface area contributed by atoms with Gasteiger partial charge in [-0.15, -0.1) is 6.58 Å². The van der Waals surface area contributed by atoms with Crippen LogP contribution >= 0.6 is 0 Å². The third-order valence-corrected chi connectivity index (χ3v) is 6.90. The summed E-state index contributed by atoms with van der Waals surface area (Å²) in [5, 5.41) is 2.78. The van der Waals surface area contributed by atoms with Crippen molar-refractivity contribution < 1.29 is 0 Å². The molecule has 0 unspecified atom stereocenters. The lowest BCUT2D eigenvalue weighted by atomic mass is 10.1. The average molecular weight is 294 g/mol. The van der Waals surface area contributed by atoms with Crippen molar-refractivity contribution in [3.05, 3.63) is 55.1 Å². The van der Waals surface area contributed by atoms with Gasteiger partial charge < -0.3 is 4.57 Å². The number of fused-ring (bicyclic) bond motifs is 3. The number of hydrogen-bond donors (Lipinski definition) is 0. The van der Waals surface area contributed by atoms with Gasteiger partial charge in [-0.2, -0.15) is 0 Å². The average Bonchev–Trinajstić information content (AvgIpc) is 3.15. The van der Waals surface area contributed by atoms with Crippen LogP contribution in [0.4, 0.5) is 0 Å². The number of hydrogen-bond acceptors (Lipinski definition) is 0. The van der Waals surface area contributed by atoms with Crippen LogP contribution in [0.2, 0.25) is 0 Å². The minimum Gasteiger partial charge on any atom is -0.337 e. The van der Waals surface area contributed by atoms with Gasteiger partial charge in [0.05, 0.1) is 0 Å². The lowest BCUT2D eigenvalue weighted by Gasteiger charge is -2.04. The predicted octanol–water partition coefficient (Wildman–Crippen LogP) is 4.75. The maximum atomic E-state index is 3.91. The predicted molar refractivity (Wildman–Crippen MR) is 94.2 cm³/mol. The molecule has 2 heterocycles. The van der Waals surface area contributed by atoms with Crippen LogP contribution in [0.3, 0.4) is 0 Å². The summed E-state index contributed by atoms with van der Waals surface area (Å²) in [6.07, 6.45) is 4.79. The van der Waals surface area contributed by atoms with Gasteiger partial charge in [-0.3, -0.25) is 0 Å². The van der Waals surface area contributed by atoms with Crippen molar-refractivity contribution in [1.82, 2.24) is 4.57 Å². The zero-order chi connectivity index (χ0) is 14.2. The first-order chi connectivity index (χ1) is 10.4. The molecule has 3 aromatic rings. The second-order valence-corrected chi connectivity index (χ2v) is 7.98. The van der Waals surface area contributed by atoms with Gasteiger partial charge in [0, 0.05) is 45.3 Å². The zero-order valence-electron chi connectivity index (χ0n) is 12.2. The number of rotatable bonds is 3. The summed E-state index contributed by atoms with van der Waals surface area (Å²) in [6, 6.07) is 15.9. The molecule has 4 rings (SSSR count). The van der Waals surface area contributed by atoms with E-state index in [9.17, 15) is 0 Å². The van der Waals surface area contributed by atoms with E-state index in [2.05, 4.69) is 53.6 Å². The molecule has 0 amide bonds. The Morgan fingerprint density at radius 1 is 1.00 bits per heavy atom. The normalized spacial score (nSPS) is 16.0. The molecular weight excluding hydrogens is 274 g/mol. The maximum absolute atomic E-state index is 3.91. The number of nitrogens with zero attached hydrogens (tertiary/aromatic N) is 1. The topological polar surface area (TPSA) is 4.93 Å². The van der Waals surface area contributed by atoms with Gasteiger partial charge in [0.2, 0.25) is 0 Å². The highest BCUT2D eigenvalue weighted by atomic mass is 32.2. The van der Waals surface area contributed by atoms with Crippen molar-refractivity contribution in [3.63, 3.8) is 0 Å². The van der Waals surface area contributed by atoms with Gasteiger partial charge in [0.25, 0.3) is 0 Å². The fourth-order valence-corrected chi connectivity index (χ4v) is 5.75. The van der Waals surface area contributed by atoms with Crippen LogP contribution in [0.5, 0.6) is 0 Å². The molecule has 0 aliphatic carbocycles. The van der Waals surface area contributed by atoms with Gasteiger partial charge >= 0.3 is 0 Å². The van der Waals surface area contributed by atoms with E-state index in [1.54, 1.807) is 4.90 Å². The van der Waals surface area contributed by atoms with Crippen molar-refractivity contribution in [2.45, 2.75) is 24.3 Å². The summed E-state index contributed by atoms with van der Waals surface area (Å²) in [4.78, 5) is 1.56. The first-order valence-electron chi connectivity index (χ1n) is 7.68. The molecule has 106 valence electrons. The van der Waals surface area contributed by atoms with Crippen molar-refractivity contribution in [1.29, 1.82) is 0 Å². The molecule has 0 N–H and O–H groups in total. The van der Waals surface area contributed by atoms with Crippen molar-refractivity contribution >= 4 is 32.7 Å². The molecule has 1 fully saturated rings. The summed E-state index contributed by atoms with van der Waals surface area (Å²) in [5.74, 6) is 2.77. The van der Waals surface area contributed by atoms with E-state index >= 15 is 0 Å². The van der Waals surface area contributed by atoms with Crippen LogP contribution in [0.15, 0.2) is 60.0 Å². The Bertz CT molecular complexity index is 809.